The number of aliphatic carboxylic acids is 2. The molecule has 2 fully saturated rings. The summed E-state index contributed by atoms with van der Waals surface area (Å²) in [5.74, 6) is -5.80. The van der Waals surface area contributed by atoms with Gasteiger partial charge >= 0.3 is 24.3 Å². The summed E-state index contributed by atoms with van der Waals surface area (Å²) < 4.78 is 76.5. The molecule has 4 heterocycles. The Bertz CT molecular complexity index is 1140. The Morgan fingerprint density at radius 2 is 1.49 bits per heavy atom. The van der Waals surface area contributed by atoms with Crippen molar-refractivity contribution in [2.75, 3.05) is 19.6 Å². The van der Waals surface area contributed by atoms with Crippen LogP contribution in [0.2, 0.25) is 0 Å². The molecule has 0 bridgehead atoms. The van der Waals surface area contributed by atoms with Gasteiger partial charge in [-0.3, -0.25) is 19.7 Å². The Morgan fingerprint density at radius 1 is 0.902 bits per heavy atom. The van der Waals surface area contributed by atoms with Crippen LogP contribution in [0.3, 0.4) is 0 Å². The second-order valence-corrected chi connectivity index (χ2v) is 9.28. The maximum atomic E-state index is 13.0. The first-order valence-corrected chi connectivity index (χ1v) is 12.2. The molecule has 1 amide bonds. The number of rotatable bonds is 4. The van der Waals surface area contributed by atoms with Gasteiger partial charge in [0.1, 0.15) is 5.82 Å². The number of pyridine rings is 2. The van der Waals surface area contributed by atoms with Crippen molar-refractivity contribution in [2.24, 2.45) is 0 Å². The van der Waals surface area contributed by atoms with Gasteiger partial charge in [0.2, 0.25) is 5.91 Å². The van der Waals surface area contributed by atoms with E-state index in [-0.39, 0.29) is 23.7 Å². The summed E-state index contributed by atoms with van der Waals surface area (Å²) in [6.45, 7) is 3.52. The molecule has 1 spiro atoms. The number of likely N-dealkylation sites (tertiary alicyclic amines) is 2. The topological polar surface area (TPSA) is 124 Å². The summed E-state index contributed by atoms with van der Waals surface area (Å²) in [6, 6.07) is 7.05. The third kappa shape index (κ3) is 10.6. The molecule has 2 N–H and O–H groups in total. The highest BCUT2D eigenvalue weighted by molar-refractivity contribution is 5.78. The van der Waals surface area contributed by atoms with Crippen molar-refractivity contribution in [3.05, 3.63) is 59.9 Å². The maximum Gasteiger partial charge on any atom is 0.490 e. The number of carbonyl (C=O) groups is 3. The molecule has 2 aromatic heterocycles. The largest absolute Gasteiger partial charge is 0.490 e. The number of halogens is 7. The van der Waals surface area contributed by atoms with Gasteiger partial charge in [-0.25, -0.2) is 14.0 Å². The Morgan fingerprint density at radius 3 is 1.98 bits per heavy atom. The van der Waals surface area contributed by atoms with E-state index in [2.05, 4.69) is 20.9 Å². The molecule has 2 aliphatic rings. The van der Waals surface area contributed by atoms with Crippen LogP contribution in [-0.4, -0.2) is 85.4 Å². The van der Waals surface area contributed by atoms with Gasteiger partial charge in [0, 0.05) is 43.3 Å². The van der Waals surface area contributed by atoms with E-state index in [0.717, 1.165) is 45.4 Å². The molecule has 0 aromatic carbocycles. The van der Waals surface area contributed by atoms with E-state index in [0.29, 0.717) is 5.69 Å². The molecule has 2 aromatic rings. The zero-order valence-corrected chi connectivity index (χ0v) is 21.5. The van der Waals surface area contributed by atoms with Crippen molar-refractivity contribution in [2.45, 2.75) is 56.5 Å². The number of nitrogens with zero attached hydrogens (tertiary/aromatic N) is 4. The lowest BCUT2D eigenvalue weighted by atomic mass is 9.86. The minimum atomic E-state index is -5.08. The SMILES string of the molecule is O=C(Cc1ccc(F)cn1)N1CCCC2(CCCN2Cc2cccnc2)C1.O=C(O)C(F)(F)F.O=C(O)C(F)(F)F. The molecule has 226 valence electrons. The second-order valence-electron chi connectivity index (χ2n) is 9.28. The van der Waals surface area contributed by atoms with Gasteiger partial charge in [-0.05, 0) is 56.0 Å². The number of hydrogen-bond acceptors (Lipinski definition) is 6. The molecule has 2 saturated heterocycles. The molecule has 4 rings (SSSR count). The fraction of sp³-hybridized carbons (Fsp3) is 0.480. The third-order valence-corrected chi connectivity index (χ3v) is 6.35. The number of hydrogen-bond donors (Lipinski definition) is 2. The number of aromatic nitrogens is 2. The highest BCUT2D eigenvalue weighted by Crippen LogP contribution is 2.38. The van der Waals surface area contributed by atoms with Crippen molar-refractivity contribution in [1.29, 1.82) is 0 Å². The van der Waals surface area contributed by atoms with Crippen molar-refractivity contribution in [1.82, 2.24) is 19.8 Å². The van der Waals surface area contributed by atoms with Gasteiger partial charge in [-0.15, -0.1) is 0 Å². The summed E-state index contributed by atoms with van der Waals surface area (Å²) in [6.07, 6.45) is -0.580. The number of carbonyl (C=O) groups excluding carboxylic acids is 1. The molecular weight excluding hydrogens is 569 g/mol. The predicted molar refractivity (Wildman–Crippen MR) is 128 cm³/mol. The Hall–Kier alpha value is -3.82. The average molecular weight is 597 g/mol. The van der Waals surface area contributed by atoms with E-state index in [4.69, 9.17) is 19.8 Å². The Labute approximate surface area is 229 Å². The molecule has 0 aliphatic carbocycles. The molecule has 16 heteroatoms. The quantitative estimate of drug-likeness (QED) is 0.507. The van der Waals surface area contributed by atoms with E-state index in [1.807, 2.05) is 17.2 Å². The van der Waals surface area contributed by atoms with Gasteiger partial charge in [-0.2, -0.15) is 26.3 Å². The summed E-state index contributed by atoms with van der Waals surface area (Å²) in [5.41, 5.74) is 1.91. The van der Waals surface area contributed by atoms with Crippen LogP contribution in [0.1, 0.15) is 36.9 Å². The average Bonchev–Trinajstić information content (AvgIpc) is 3.26. The van der Waals surface area contributed by atoms with Crippen LogP contribution in [0.5, 0.6) is 0 Å². The zero-order valence-electron chi connectivity index (χ0n) is 21.5. The number of piperidine rings is 1. The predicted octanol–water partition coefficient (Wildman–Crippen LogP) is 4.08. The lowest BCUT2D eigenvalue weighted by Gasteiger charge is -2.46. The molecule has 1 unspecified atom stereocenters. The molecular formula is C25H27F7N4O5. The van der Waals surface area contributed by atoms with Crippen molar-refractivity contribution < 1.29 is 55.3 Å². The standard InChI is InChI=1S/C21H25FN4O.2C2HF3O2/c22-18-5-6-19(24-14-18)12-20(27)25-10-2-7-21(16-25)8-3-11-26(21)15-17-4-1-9-23-13-17;2*3-2(4,5)1(6)7/h1,4-6,9,13-14H,2-3,7-8,10-12,15-16H2;2*(H,6,7). The van der Waals surface area contributed by atoms with Crippen LogP contribution < -0.4 is 0 Å². The first-order chi connectivity index (χ1) is 19.0. The van der Waals surface area contributed by atoms with Crippen LogP contribution in [0.25, 0.3) is 0 Å². The highest BCUT2D eigenvalue weighted by atomic mass is 19.4. The first-order valence-electron chi connectivity index (χ1n) is 12.2. The van der Waals surface area contributed by atoms with Gasteiger partial charge in [0.05, 0.1) is 12.6 Å². The van der Waals surface area contributed by atoms with E-state index in [1.54, 1.807) is 12.3 Å². The van der Waals surface area contributed by atoms with Crippen LogP contribution in [0.15, 0.2) is 42.9 Å². The molecule has 0 saturated carbocycles. The van der Waals surface area contributed by atoms with Crippen LogP contribution in [-0.2, 0) is 27.3 Å². The third-order valence-electron chi connectivity index (χ3n) is 6.35. The van der Waals surface area contributed by atoms with Crippen molar-refractivity contribution >= 4 is 17.8 Å². The molecule has 1 atom stereocenters. The first kappa shape index (κ1) is 33.4. The monoisotopic (exact) mass is 596 g/mol. The number of alkyl halides is 6. The fourth-order valence-electron chi connectivity index (χ4n) is 4.52. The lowest BCUT2D eigenvalue weighted by molar-refractivity contribution is -0.193. The van der Waals surface area contributed by atoms with E-state index >= 15 is 0 Å². The van der Waals surface area contributed by atoms with E-state index in [9.17, 15) is 35.5 Å². The van der Waals surface area contributed by atoms with Crippen molar-refractivity contribution in [3.63, 3.8) is 0 Å². The smallest absolute Gasteiger partial charge is 0.475 e. The van der Waals surface area contributed by atoms with E-state index < -0.39 is 24.3 Å². The van der Waals surface area contributed by atoms with Crippen LogP contribution >= 0.6 is 0 Å². The minimum Gasteiger partial charge on any atom is -0.475 e. The number of carboxylic acids is 2. The van der Waals surface area contributed by atoms with Crippen LogP contribution in [0, 0.1) is 5.82 Å². The second kappa shape index (κ2) is 14.2. The lowest BCUT2D eigenvalue weighted by Crippen LogP contribution is -2.56. The highest BCUT2D eigenvalue weighted by Gasteiger charge is 2.44. The minimum absolute atomic E-state index is 0.0694. The zero-order chi connectivity index (χ0) is 30.8. The number of amides is 1. The summed E-state index contributed by atoms with van der Waals surface area (Å²) in [5, 5.41) is 14.2. The normalized spacial score (nSPS) is 19.0. The Balaban J connectivity index is 0.000000349. The number of carboxylic acid groups (broad SMARTS) is 2. The summed E-state index contributed by atoms with van der Waals surface area (Å²) >= 11 is 0. The molecule has 2 aliphatic heterocycles. The van der Waals surface area contributed by atoms with Gasteiger partial charge in [0.15, 0.2) is 0 Å². The van der Waals surface area contributed by atoms with E-state index in [1.165, 1.54) is 24.2 Å². The van der Waals surface area contributed by atoms with Crippen molar-refractivity contribution in [3.8, 4) is 0 Å². The van der Waals surface area contributed by atoms with Gasteiger partial charge in [0.25, 0.3) is 0 Å². The Kier molecular flexibility index (Phi) is 11.6. The molecule has 0 radical (unpaired) electrons. The summed E-state index contributed by atoms with van der Waals surface area (Å²) in [4.78, 5) is 43.4. The maximum absolute atomic E-state index is 13.0. The van der Waals surface area contributed by atoms with Gasteiger partial charge in [-0.1, -0.05) is 6.07 Å². The summed E-state index contributed by atoms with van der Waals surface area (Å²) in [7, 11) is 0. The molecule has 9 nitrogen and oxygen atoms in total. The van der Waals surface area contributed by atoms with Crippen LogP contribution in [0.4, 0.5) is 30.7 Å². The fourth-order valence-corrected chi connectivity index (χ4v) is 4.52. The molecule has 41 heavy (non-hydrogen) atoms. The van der Waals surface area contributed by atoms with Gasteiger partial charge < -0.3 is 15.1 Å².